The average molecular weight is 270 g/mol. The second-order valence-corrected chi connectivity index (χ2v) is 3.96. The smallest absolute Gasteiger partial charge is 0.394 e. The van der Waals surface area contributed by atoms with Crippen LogP contribution in [0, 0.1) is 0 Å². The highest BCUT2D eigenvalue weighted by Crippen LogP contribution is 2.00. The van der Waals surface area contributed by atoms with Gasteiger partial charge in [-0.3, -0.25) is 13.9 Å². The van der Waals surface area contributed by atoms with Gasteiger partial charge in [0.2, 0.25) is 0 Å². The molecule has 1 rings (SSSR count). The summed E-state index contributed by atoms with van der Waals surface area (Å²) in [7, 11) is -2.59. The van der Waals surface area contributed by atoms with E-state index in [1.54, 1.807) is 0 Å². The van der Waals surface area contributed by atoms with E-state index in [4.69, 9.17) is 27.4 Å². The predicted molar refractivity (Wildman–Crippen MR) is 61.6 cm³/mol. The lowest BCUT2D eigenvalue weighted by molar-refractivity contribution is -0.134. The molecule has 0 aliphatic carbocycles. The lowest BCUT2D eigenvalue weighted by atomic mass is 10.6. The van der Waals surface area contributed by atoms with Crippen molar-refractivity contribution >= 4 is 16.4 Å². The number of hydrogen-bond acceptors (Lipinski definition) is 5. The van der Waals surface area contributed by atoms with Gasteiger partial charge in [0.1, 0.15) is 0 Å². The van der Waals surface area contributed by atoms with Crippen LogP contribution in [0.4, 0.5) is 0 Å². The molecule has 0 aromatic carbocycles. The van der Waals surface area contributed by atoms with E-state index in [-0.39, 0.29) is 0 Å². The van der Waals surface area contributed by atoms with Crippen LogP contribution in [0.2, 0.25) is 0 Å². The van der Waals surface area contributed by atoms with Gasteiger partial charge >= 0.3 is 10.4 Å². The molecule has 17 heavy (non-hydrogen) atoms. The van der Waals surface area contributed by atoms with Crippen LogP contribution in [0.1, 0.15) is 13.8 Å². The van der Waals surface area contributed by atoms with Gasteiger partial charge in [0.05, 0.1) is 6.67 Å². The van der Waals surface area contributed by atoms with Crippen molar-refractivity contribution in [3.8, 4) is 0 Å². The summed E-state index contributed by atoms with van der Waals surface area (Å²) in [6, 6.07) is 0. The fraction of sp³-hybridized carbons (Fsp3) is 0.625. The zero-order valence-electron chi connectivity index (χ0n) is 9.94. The molecule has 0 saturated heterocycles. The van der Waals surface area contributed by atoms with Crippen molar-refractivity contribution in [1.82, 2.24) is 9.80 Å². The van der Waals surface area contributed by atoms with Crippen LogP contribution in [-0.4, -0.2) is 58.7 Å². The van der Waals surface area contributed by atoms with E-state index in [1.807, 2.05) is 0 Å². The third-order valence-corrected chi connectivity index (χ3v) is 1.34. The summed E-state index contributed by atoms with van der Waals surface area (Å²) in [6.45, 7) is 5.40. The van der Waals surface area contributed by atoms with Crippen LogP contribution in [0.25, 0.3) is 0 Å². The molecule has 1 heterocycles. The second kappa shape index (κ2) is 8.79. The summed E-state index contributed by atoms with van der Waals surface area (Å²) < 4.78 is 31.6. The molecule has 0 aromatic heterocycles. The maximum atomic E-state index is 9.00. The van der Waals surface area contributed by atoms with E-state index in [1.165, 1.54) is 0 Å². The lowest BCUT2D eigenvalue weighted by Crippen LogP contribution is -2.21. The number of carboxylic acids is 1. The van der Waals surface area contributed by atoms with Crippen molar-refractivity contribution in [2.45, 2.75) is 13.8 Å². The molecule has 0 bridgehead atoms. The first kappa shape index (κ1) is 18.1. The summed E-state index contributed by atoms with van der Waals surface area (Å²) in [5.74, 6) is -0.833. The fourth-order valence-corrected chi connectivity index (χ4v) is 0.794. The van der Waals surface area contributed by atoms with Crippen LogP contribution >= 0.6 is 0 Å². The van der Waals surface area contributed by atoms with E-state index < -0.39 is 16.4 Å². The third-order valence-electron chi connectivity index (χ3n) is 1.34. The maximum Gasteiger partial charge on any atom is 0.394 e. The van der Waals surface area contributed by atoms with Gasteiger partial charge in [-0.15, -0.1) is 0 Å². The van der Waals surface area contributed by atoms with Gasteiger partial charge in [-0.25, -0.2) is 0 Å². The lowest BCUT2D eigenvalue weighted by Gasteiger charge is -2.14. The maximum absolute atomic E-state index is 9.00. The standard InChI is InChI=1S/C6H12N2.C2H4O2.H2O4S/c1-3-8-5-4-7(2)6-8;1-2(3)4;1-5(2,3)4/h4-5H,3,6H2,1-2H3;1H3,(H,3,4);(H2,1,2,3,4). The van der Waals surface area contributed by atoms with E-state index >= 15 is 0 Å². The molecule has 0 saturated carbocycles. The first-order chi connectivity index (χ1) is 7.56. The molecular formula is C8H18N2O6S. The van der Waals surface area contributed by atoms with Gasteiger partial charge in [-0.05, 0) is 6.92 Å². The molecular weight excluding hydrogens is 252 g/mol. The van der Waals surface area contributed by atoms with Crippen molar-refractivity contribution in [1.29, 1.82) is 0 Å². The molecule has 0 fully saturated rings. The molecule has 0 radical (unpaired) electrons. The number of carbonyl (C=O) groups is 1. The van der Waals surface area contributed by atoms with Gasteiger partial charge in [-0.1, -0.05) is 0 Å². The Labute approximate surface area is 101 Å². The number of carboxylic acid groups (broad SMARTS) is 1. The minimum Gasteiger partial charge on any atom is -0.481 e. The molecule has 3 N–H and O–H groups in total. The minimum atomic E-state index is -4.67. The molecule has 0 atom stereocenters. The number of hydrogen-bond donors (Lipinski definition) is 3. The average Bonchev–Trinajstić information content (AvgIpc) is 2.47. The van der Waals surface area contributed by atoms with Gasteiger partial charge in [0.25, 0.3) is 5.97 Å². The fourth-order valence-electron chi connectivity index (χ4n) is 0.794. The SMILES string of the molecule is CC(=O)O.CCN1C=CN(C)C1.O=S(=O)(O)O. The third kappa shape index (κ3) is 25.2. The van der Waals surface area contributed by atoms with Crippen LogP contribution in [0.5, 0.6) is 0 Å². The summed E-state index contributed by atoms with van der Waals surface area (Å²) in [4.78, 5) is 13.4. The number of nitrogens with zero attached hydrogens (tertiary/aromatic N) is 2. The molecule has 1 aliphatic heterocycles. The van der Waals surface area contributed by atoms with E-state index in [2.05, 4.69) is 36.2 Å². The molecule has 102 valence electrons. The Balaban J connectivity index is 0. The molecule has 0 amide bonds. The van der Waals surface area contributed by atoms with Crippen LogP contribution in [-0.2, 0) is 15.2 Å². The highest BCUT2D eigenvalue weighted by Gasteiger charge is 2.03. The Morgan fingerprint density at radius 2 is 1.71 bits per heavy atom. The van der Waals surface area contributed by atoms with Crippen LogP contribution in [0.3, 0.4) is 0 Å². The Bertz CT molecular complexity index is 328. The van der Waals surface area contributed by atoms with Crippen molar-refractivity contribution in [2.75, 3.05) is 20.3 Å². The molecule has 1 aliphatic rings. The normalized spacial score (nSPS) is 13.5. The highest BCUT2D eigenvalue weighted by atomic mass is 32.3. The predicted octanol–water partition coefficient (Wildman–Crippen LogP) is 0.121. The van der Waals surface area contributed by atoms with Gasteiger partial charge in [0.15, 0.2) is 0 Å². The molecule has 0 aromatic rings. The van der Waals surface area contributed by atoms with E-state index in [9.17, 15) is 0 Å². The topological polar surface area (TPSA) is 118 Å². The second-order valence-electron chi connectivity index (χ2n) is 3.07. The van der Waals surface area contributed by atoms with Gasteiger partial charge in [-0.2, -0.15) is 8.42 Å². The Hall–Kier alpha value is -1.32. The molecule has 8 nitrogen and oxygen atoms in total. The van der Waals surface area contributed by atoms with Crippen molar-refractivity contribution < 1.29 is 27.4 Å². The van der Waals surface area contributed by atoms with E-state index in [0.29, 0.717) is 0 Å². The number of rotatable bonds is 1. The zero-order valence-corrected chi connectivity index (χ0v) is 10.8. The first-order valence-electron chi connectivity index (χ1n) is 4.58. The Morgan fingerprint density at radius 3 is 1.82 bits per heavy atom. The summed E-state index contributed by atoms with van der Waals surface area (Å²) in [6.07, 6.45) is 4.20. The molecule has 0 unspecified atom stereocenters. The summed E-state index contributed by atoms with van der Waals surface area (Å²) >= 11 is 0. The summed E-state index contributed by atoms with van der Waals surface area (Å²) in [5, 5.41) is 7.42. The highest BCUT2D eigenvalue weighted by molar-refractivity contribution is 7.79. The zero-order chi connectivity index (χ0) is 14.1. The van der Waals surface area contributed by atoms with Crippen molar-refractivity contribution in [3.05, 3.63) is 12.4 Å². The first-order valence-corrected chi connectivity index (χ1v) is 5.98. The Morgan fingerprint density at radius 1 is 1.35 bits per heavy atom. The van der Waals surface area contributed by atoms with E-state index in [0.717, 1.165) is 20.1 Å². The molecule has 9 heteroatoms. The monoisotopic (exact) mass is 270 g/mol. The van der Waals surface area contributed by atoms with Crippen LogP contribution < -0.4 is 0 Å². The quantitative estimate of drug-likeness (QED) is 0.575. The largest absolute Gasteiger partial charge is 0.481 e. The van der Waals surface area contributed by atoms with Crippen molar-refractivity contribution in [2.24, 2.45) is 0 Å². The van der Waals surface area contributed by atoms with Gasteiger partial charge < -0.3 is 14.9 Å². The summed E-state index contributed by atoms with van der Waals surface area (Å²) in [5.41, 5.74) is 0. The minimum absolute atomic E-state index is 0.833. The molecule has 0 spiro atoms. The van der Waals surface area contributed by atoms with Gasteiger partial charge in [0, 0.05) is 32.9 Å². The Kier molecular flexibility index (Phi) is 9.33. The van der Waals surface area contributed by atoms with Crippen LogP contribution in [0.15, 0.2) is 12.4 Å². The van der Waals surface area contributed by atoms with Crippen molar-refractivity contribution in [3.63, 3.8) is 0 Å². The number of aliphatic carboxylic acids is 1.